The van der Waals surface area contributed by atoms with Gasteiger partial charge in [-0.05, 0) is 41.6 Å². The molecule has 1 atom stereocenters. The van der Waals surface area contributed by atoms with Gasteiger partial charge in [-0.25, -0.2) is 5.43 Å². The van der Waals surface area contributed by atoms with Crippen molar-refractivity contribution in [2.24, 2.45) is 5.10 Å². The third-order valence-electron chi connectivity index (χ3n) is 3.98. The predicted molar refractivity (Wildman–Crippen MR) is 110 cm³/mol. The molecule has 0 radical (unpaired) electrons. The Morgan fingerprint density at radius 1 is 1.04 bits per heavy atom. The summed E-state index contributed by atoms with van der Waals surface area (Å²) in [6.45, 7) is 1.73. The molecule has 7 heteroatoms. The zero-order valence-corrected chi connectivity index (χ0v) is 15.9. The van der Waals surface area contributed by atoms with Gasteiger partial charge in [0.2, 0.25) is 0 Å². The van der Waals surface area contributed by atoms with E-state index in [0.29, 0.717) is 21.8 Å². The van der Waals surface area contributed by atoms with Crippen LogP contribution >= 0.6 is 11.3 Å². The van der Waals surface area contributed by atoms with Gasteiger partial charge in [-0.15, -0.1) is 11.3 Å². The normalized spacial score (nSPS) is 12.3. The predicted octanol–water partition coefficient (Wildman–Crippen LogP) is 3.57. The molecule has 28 heavy (non-hydrogen) atoms. The molecule has 3 aromatic rings. The summed E-state index contributed by atoms with van der Waals surface area (Å²) in [5, 5.41) is 18.8. The summed E-state index contributed by atoms with van der Waals surface area (Å²) in [4.78, 5) is 24.9. The number of hydrogen-bond acceptors (Lipinski definition) is 5. The van der Waals surface area contributed by atoms with Gasteiger partial charge in [-0.3, -0.25) is 9.59 Å². The Bertz CT molecular complexity index is 985. The molecule has 0 aliphatic heterocycles. The van der Waals surface area contributed by atoms with Crippen LogP contribution in [0.25, 0.3) is 0 Å². The molecule has 2 amide bonds. The van der Waals surface area contributed by atoms with E-state index >= 15 is 0 Å². The topological polar surface area (TPSA) is 90.8 Å². The minimum Gasteiger partial charge on any atom is -0.378 e. The summed E-state index contributed by atoms with van der Waals surface area (Å²) in [7, 11) is 0. The number of thiophene rings is 1. The van der Waals surface area contributed by atoms with Crippen LogP contribution in [0.4, 0.5) is 5.69 Å². The van der Waals surface area contributed by atoms with Gasteiger partial charge in [0.15, 0.2) is 6.10 Å². The molecule has 1 heterocycles. The Hall–Kier alpha value is -3.29. The maximum Gasteiger partial charge on any atom is 0.273 e. The van der Waals surface area contributed by atoms with Gasteiger partial charge in [-0.1, -0.05) is 48.5 Å². The first-order chi connectivity index (χ1) is 13.5. The van der Waals surface area contributed by atoms with Gasteiger partial charge < -0.3 is 10.4 Å². The van der Waals surface area contributed by atoms with Crippen LogP contribution in [0.1, 0.15) is 33.8 Å². The highest BCUT2D eigenvalue weighted by Crippen LogP contribution is 2.16. The van der Waals surface area contributed by atoms with Crippen LogP contribution in [0.15, 0.2) is 77.2 Å². The molecule has 0 aliphatic rings. The van der Waals surface area contributed by atoms with Gasteiger partial charge in [0, 0.05) is 5.69 Å². The molecule has 0 spiro atoms. The van der Waals surface area contributed by atoms with Crippen LogP contribution in [-0.2, 0) is 4.79 Å². The van der Waals surface area contributed by atoms with E-state index in [1.165, 1.54) is 11.3 Å². The lowest BCUT2D eigenvalue weighted by Gasteiger charge is -2.10. The quantitative estimate of drug-likeness (QED) is 0.442. The van der Waals surface area contributed by atoms with Crippen molar-refractivity contribution in [3.63, 3.8) is 0 Å². The van der Waals surface area contributed by atoms with Crippen LogP contribution < -0.4 is 10.7 Å². The van der Waals surface area contributed by atoms with Crippen molar-refractivity contribution < 1.29 is 14.7 Å². The van der Waals surface area contributed by atoms with Crippen molar-refractivity contribution in [3.05, 3.63) is 88.1 Å². The second kappa shape index (κ2) is 9.07. The molecule has 0 aliphatic carbocycles. The number of anilines is 1. The highest BCUT2D eigenvalue weighted by atomic mass is 32.1. The van der Waals surface area contributed by atoms with Crippen molar-refractivity contribution in [1.82, 2.24) is 5.43 Å². The lowest BCUT2D eigenvalue weighted by molar-refractivity contribution is -0.129. The molecular weight excluding hydrogens is 374 g/mol. The molecular formula is C21H19N3O3S. The van der Waals surface area contributed by atoms with Crippen LogP contribution in [0.5, 0.6) is 0 Å². The SMILES string of the molecule is CC(=NNC(=O)C(O)c1ccccc1)c1cccc(NC(=O)c2cccs2)c1. The number of rotatable bonds is 6. The molecule has 0 fully saturated rings. The van der Waals surface area contributed by atoms with Gasteiger partial charge in [-0.2, -0.15) is 5.10 Å². The molecule has 2 aromatic carbocycles. The average molecular weight is 393 g/mol. The summed E-state index contributed by atoms with van der Waals surface area (Å²) in [6, 6.07) is 19.4. The Kier molecular flexibility index (Phi) is 6.31. The number of benzene rings is 2. The van der Waals surface area contributed by atoms with Crippen molar-refractivity contribution in [1.29, 1.82) is 0 Å². The third kappa shape index (κ3) is 4.91. The minimum atomic E-state index is -1.30. The highest BCUT2D eigenvalue weighted by molar-refractivity contribution is 7.12. The maximum atomic E-state index is 12.2. The summed E-state index contributed by atoms with van der Waals surface area (Å²) >= 11 is 1.37. The van der Waals surface area contributed by atoms with E-state index < -0.39 is 12.0 Å². The van der Waals surface area contributed by atoms with E-state index in [9.17, 15) is 14.7 Å². The second-order valence-electron chi connectivity index (χ2n) is 6.00. The summed E-state index contributed by atoms with van der Waals surface area (Å²) in [5.41, 5.74) is 4.77. The second-order valence-corrected chi connectivity index (χ2v) is 6.95. The molecule has 142 valence electrons. The molecule has 3 N–H and O–H groups in total. The van der Waals surface area contributed by atoms with Crippen molar-refractivity contribution >= 4 is 34.6 Å². The fraction of sp³-hybridized carbons (Fsp3) is 0.0952. The zero-order chi connectivity index (χ0) is 19.9. The standard InChI is InChI=1S/C21H19N3O3S/c1-14(23-24-21(27)19(25)15-7-3-2-4-8-15)16-9-5-10-17(13-16)22-20(26)18-11-6-12-28-18/h2-13,19,25H,1H3,(H,22,26)(H,24,27). The molecule has 1 unspecified atom stereocenters. The van der Waals surface area contributed by atoms with Crippen LogP contribution in [0.3, 0.4) is 0 Å². The van der Waals surface area contributed by atoms with Crippen molar-refractivity contribution in [2.75, 3.05) is 5.32 Å². The minimum absolute atomic E-state index is 0.180. The Labute approximate surface area is 166 Å². The van der Waals surface area contributed by atoms with E-state index in [1.807, 2.05) is 17.5 Å². The molecule has 0 saturated heterocycles. The third-order valence-corrected chi connectivity index (χ3v) is 4.85. The van der Waals surface area contributed by atoms with Gasteiger partial charge in [0.25, 0.3) is 11.8 Å². The summed E-state index contributed by atoms with van der Waals surface area (Å²) < 4.78 is 0. The highest BCUT2D eigenvalue weighted by Gasteiger charge is 2.16. The van der Waals surface area contributed by atoms with Crippen LogP contribution in [0, 0.1) is 0 Å². The number of hydrazone groups is 1. The molecule has 3 rings (SSSR count). The Morgan fingerprint density at radius 3 is 2.54 bits per heavy atom. The number of amides is 2. The lowest BCUT2D eigenvalue weighted by atomic mass is 10.1. The van der Waals surface area contributed by atoms with E-state index in [2.05, 4.69) is 15.8 Å². The summed E-state index contributed by atoms with van der Waals surface area (Å²) in [5.74, 6) is -0.797. The largest absolute Gasteiger partial charge is 0.378 e. The smallest absolute Gasteiger partial charge is 0.273 e. The zero-order valence-electron chi connectivity index (χ0n) is 15.1. The first kappa shape index (κ1) is 19.5. The fourth-order valence-corrected chi connectivity index (χ4v) is 3.09. The first-order valence-corrected chi connectivity index (χ1v) is 9.45. The van der Waals surface area contributed by atoms with E-state index in [0.717, 1.165) is 5.56 Å². The van der Waals surface area contributed by atoms with Gasteiger partial charge >= 0.3 is 0 Å². The van der Waals surface area contributed by atoms with E-state index in [4.69, 9.17) is 0 Å². The molecule has 0 bridgehead atoms. The lowest BCUT2D eigenvalue weighted by Crippen LogP contribution is -2.26. The van der Waals surface area contributed by atoms with Gasteiger partial charge in [0.1, 0.15) is 0 Å². The summed E-state index contributed by atoms with van der Waals surface area (Å²) in [6.07, 6.45) is -1.30. The van der Waals surface area contributed by atoms with E-state index in [1.54, 1.807) is 61.5 Å². The Balaban J connectivity index is 1.66. The van der Waals surface area contributed by atoms with E-state index in [-0.39, 0.29) is 5.91 Å². The molecule has 1 aromatic heterocycles. The number of aliphatic hydroxyl groups is 1. The first-order valence-electron chi connectivity index (χ1n) is 8.57. The number of aliphatic hydroxyl groups excluding tert-OH is 1. The number of carbonyl (C=O) groups is 2. The fourth-order valence-electron chi connectivity index (χ4n) is 2.47. The van der Waals surface area contributed by atoms with Crippen LogP contribution in [0.2, 0.25) is 0 Å². The van der Waals surface area contributed by atoms with Crippen molar-refractivity contribution in [3.8, 4) is 0 Å². The average Bonchev–Trinajstić information content (AvgIpc) is 3.27. The maximum absolute atomic E-state index is 12.2. The number of nitrogens with zero attached hydrogens (tertiary/aromatic N) is 1. The molecule has 0 saturated carbocycles. The monoisotopic (exact) mass is 393 g/mol. The van der Waals surface area contributed by atoms with Gasteiger partial charge in [0.05, 0.1) is 10.6 Å². The number of nitrogens with one attached hydrogen (secondary N) is 2. The number of hydrogen-bond donors (Lipinski definition) is 3. The van der Waals surface area contributed by atoms with Crippen molar-refractivity contribution in [2.45, 2.75) is 13.0 Å². The van der Waals surface area contributed by atoms with Crippen LogP contribution in [-0.4, -0.2) is 22.6 Å². The Morgan fingerprint density at radius 2 is 1.82 bits per heavy atom. The number of carbonyl (C=O) groups excluding carboxylic acids is 2. The molecule has 6 nitrogen and oxygen atoms in total.